The molecular formula is C15H20N2O. The van der Waals surface area contributed by atoms with Crippen molar-refractivity contribution >= 4 is 10.9 Å². The summed E-state index contributed by atoms with van der Waals surface area (Å²) in [5.41, 5.74) is 8.84. The summed E-state index contributed by atoms with van der Waals surface area (Å²) in [5.74, 6) is 0.891. The number of rotatable bonds is 2. The molecule has 1 aliphatic carbocycles. The zero-order valence-electron chi connectivity index (χ0n) is 10.8. The Balaban J connectivity index is 2.10. The van der Waals surface area contributed by atoms with E-state index in [4.69, 9.17) is 10.5 Å². The van der Waals surface area contributed by atoms with E-state index in [9.17, 15) is 0 Å². The van der Waals surface area contributed by atoms with Crippen LogP contribution in [-0.4, -0.2) is 12.1 Å². The molecule has 1 fully saturated rings. The molecule has 1 saturated carbocycles. The predicted molar refractivity (Wildman–Crippen MR) is 73.8 cm³/mol. The first-order valence-corrected chi connectivity index (χ1v) is 6.67. The van der Waals surface area contributed by atoms with E-state index in [0.29, 0.717) is 0 Å². The van der Waals surface area contributed by atoms with Crippen LogP contribution >= 0.6 is 0 Å². The summed E-state index contributed by atoms with van der Waals surface area (Å²) in [6, 6.07) is 6.13. The van der Waals surface area contributed by atoms with Crippen LogP contribution in [0.25, 0.3) is 10.9 Å². The van der Waals surface area contributed by atoms with E-state index in [-0.39, 0.29) is 5.54 Å². The molecule has 96 valence electrons. The Morgan fingerprint density at radius 2 is 2.00 bits per heavy atom. The molecule has 3 N–H and O–H groups in total. The Bertz CT molecular complexity index is 553. The van der Waals surface area contributed by atoms with Crippen molar-refractivity contribution in [3.8, 4) is 5.75 Å². The van der Waals surface area contributed by atoms with Gasteiger partial charge in [-0.25, -0.2) is 0 Å². The number of nitrogens with two attached hydrogens (primary N) is 1. The number of H-pyrrole nitrogens is 1. The van der Waals surface area contributed by atoms with Crippen molar-refractivity contribution in [3.63, 3.8) is 0 Å². The van der Waals surface area contributed by atoms with Crippen LogP contribution < -0.4 is 10.5 Å². The second-order valence-electron chi connectivity index (χ2n) is 5.33. The number of aromatic nitrogens is 1. The summed E-state index contributed by atoms with van der Waals surface area (Å²) < 4.78 is 5.31. The quantitative estimate of drug-likeness (QED) is 0.851. The molecule has 0 saturated heterocycles. The highest BCUT2D eigenvalue weighted by Crippen LogP contribution is 2.38. The molecule has 3 heteroatoms. The highest BCUT2D eigenvalue weighted by molar-refractivity contribution is 5.85. The van der Waals surface area contributed by atoms with Crippen LogP contribution in [0.5, 0.6) is 5.75 Å². The van der Waals surface area contributed by atoms with Crippen LogP contribution in [0.4, 0.5) is 0 Å². The summed E-state index contributed by atoms with van der Waals surface area (Å²) in [4.78, 5) is 3.33. The van der Waals surface area contributed by atoms with Gasteiger partial charge in [-0.05, 0) is 36.6 Å². The zero-order chi connectivity index (χ0) is 12.6. The maximum atomic E-state index is 6.62. The van der Waals surface area contributed by atoms with Crippen LogP contribution in [0.2, 0.25) is 0 Å². The van der Waals surface area contributed by atoms with Crippen molar-refractivity contribution in [2.45, 2.75) is 37.6 Å². The maximum absolute atomic E-state index is 6.62. The van der Waals surface area contributed by atoms with Gasteiger partial charge in [0.15, 0.2) is 0 Å². The lowest BCUT2D eigenvalue weighted by atomic mass is 9.77. The van der Waals surface area contributed by atoms with Gasteiger partial charge in [0.2, 0.25) is 0 Å². The number of hydrogen-bond acceptors (Lipinski definition) is 2. The minimum atomic E-state index is -0.164. The third-order valence-electron chi connectivity index (χ3n) is 4.17. The van der Waals surface area contributed by atoms with Gasteiger partial charge in [0.1, 0.15) is 5.75 Å². The molecule has 0 atom stereocenters. The number of nitrogens with one attached hydrogen (secondary N) is 1. The van der Waals surface area contributed by atoms with Crippen molar-refractivity contribution in [3.05, 3.63) is 30.0 Å². The molecule has 1 aliphatic rings. The van der Waals surface area contributed by atoms with Gasteiger partial charge in [-0.15, -0.1) is 0 Å². The van der Waals surface area contributed by atoms with E-state index in [2.05, 4.69) is 23.3 Å². The van der Waals surface area contributed by atoms with E-state index < -0.39 is 0 Å². The highest BCUT2D eigenvalue weighted by Gasteiger charge is 2.31. The largest absolute Gasteiger partial charge is 0.497 e. The van der Waals surface area contributed by atoms with Crippen molar-refractivity contribution in [2.75, 3.05) is 7.11 Å². The lowest BCUT2D eigenvalue weighted by Gasteiger charge is -2.33. The molecule has 0 radical (unpaired) electrons. The second kappa shape index (κ2) is 4.32. The Morgan fingerprint density at radius 3 is 2.72 bits per heavy atom. The molecule has 1 aromatic carbocycles. The monoisotopic (exact) mass is 244 g/mol. The Labute approximate surface area is 107 Å². The van der Waals surface area contributed by atoms with E-state index in [0.717, 1.165) is 24.1 Å². The average molecular weight is 244 g/mol. The first-order chi connectivity index (χ1) is 8.73. The van der Waals surface area contributed by atoms with Crippen molar-refractivity contribution in [2.24, 2.45) is 5.73 Å². The molecule has 1 aromatic heterocycles. The fraction of sp³-hybridized carbons (Fsp3) is 0.467. The fourth-order valence-corrected chi connectivity index (χ4v) is 3.09. The van der Waals surface area contributed by atoms with Gasteiger partial charge in [0, 0.05) is 22.6 Å². The minimum Gasteiger partial charge on any atom is -0.497 e. The maximum Gasteiger partial charge on any atom is 0.119 e. The highest BCUT2D eigenvalue weighted by atomic mass is 16.5. The smallest absolute Gasteiger partial charge is 0.119 e. The van der Waals surface area contributed by atoms with Gasteiger partial charge < -0.3 is 15.5 Å². The molecular weight excluding hydrogens is 224 g/mol. The van der Waals surface area contributed by atoms with Gasteiger partial charge in [0.05, 0.1) is 7.11 Å². The second-order valence-corrected chi connectivity index (χ2v) is 5.33. The number of ether oxygens (including phenoxy) is 1. The number of fused-ring (bicyclic) bond motifs is 1. The van der Waals surface area contributed by atoms with E-state index >= 15 is 0 Å². The van der Waals surface area contributed by atoms with Crippen molar-refractivity contribution < 1.29 is 4.74 Å². The number of methoxy groups -OCH3 is 1. The summed E-state index contributed by atoms with van der Waals surface area (Å²) >= 11 is 0. The van der Waals surface area contributed by atoms with E-state index in [1.165, 1.54) is 30.2 Å². The van der Waals surface area contributed by atoms with Crippen molar-refractivity contribution in [1.82, 2.24) is 4.98 Å². The Morgan fingerprint density at radius 1 is 1.22 bits per heavy atom. The van der Waals surface area contributed by atoms with Crippen LogP contribution in [0.1, 0.15) is 37.7 Å². The van der Waals surface area contributed by atoms with E-state index in [1.807, 2.05) is 6.07 Å². The standard InChI is InChI=1S/C15H20N2O/c1-18-11-5-6-14-12(9-11)13(10-17-14)15(16)7-3-2-4-8-15/h5-6,9-10,17H,2-4,7-8,16H2,1H3. The number of hydrogen-bond donors (Lipinski definition) is 2. The van der Waals surface area contributed by atoms with Gasteiger partial charge >= 0.3 is 0 Å². The molecule has 0 aliphatic heterocycles. The first-order valence-electron chi connectivity index (χ1n) is 6.67. The lowest BCUT2D eigenvalue weighted by Crippen LogP contribution is -2.38. The minimum absolute atomic E-state index is 0.164. The molecule has 18 heavy (non-hydrogen) atoms. The molecule has 0 unspecified atom stereocenters. The van der Waals surface area contributed by atoms with Gasteiger partial charge in [-0.1, -0.05) is 19.3 Å². The van der Waals surface area contributed by atoms with Gasteiger partial charge in [-0.2, -0.15) is 0 Å². The molecule has 3 nitrogen and oxygen atoms in total. The topological polar surface area (TPSA) is 51.0 Å². The fourth-order valence-electron chi connectivity index (χ4n) is 3.09. The van der Waals surface area contributed by atoms with Crippen LogP contribution in [0, 0.1) is 0 Å². The molecule has 0 amide bonds. The van der Waals surface area contributed by atoms with E-state index in [1.54, 1.807) is 7.11 Å². The Kier molecular flexibility index (Phi) is 2.78. The third-order valence-corrected chi connectivity index (χ3v) is 4.17. The molecule has 2 aromatic rings. The number of benzene rings is 1. The number of aromatic amines is 1. The predicted octanol–water partition coefficient (Wildman–Crippen LogP) is 3.29. The van der Waals surface area contributed by atoms with Crippen molar-refractivity contribution in [1.29, 1.82) is 0 Å². The summed E-state index contributed by atoms with van der Waals surface area (Å²) in [6.45, 7) is 0. The summed E-state index contributed by atoms with van der Waals surface area (Å²) in [6.07, 6.45) is 8.01. The average Bonchev–Trinajstić information content (AvgIpc) is 2.83. The summed E-state index contributed by atoms with van der Waals surface area (Å²) in [7, 11) is 1.70. The van der Waals surface area contributed by atoms with Gasteiger partial charge in [-0.3, -0.25) is 0 Å². The third kappa shape index (κ3) is 1.79. The van der Waals surface area contributed by atoms with Gasteiger partial charge in [0.25, 0.3) is 0 Å². The molecule has 0 spiro atoms. The summed E-state index contributed by atoms with van der Waals surface area (Å²) in [5, 5.41) is 1.21. The molecule has 3 rings (SSSR count). The normalized spacial score (nSPS) is 19.0. The Hall–Kier alpha value is -1.48. The first kappa shape index (κ1) is 11.6. The van der Waals surface area contributed by atoms with Crippen LogP contribution in [0.15, 0.2) is 24.4 Å². The molecule has 1 heterocycles. The van der Waals surface area contributed by atoms with Crippen LogP contribution in [-0.2, 0) is 5.54 Å². The lowest BCUT2D eigenvalue weighted by molar-refractivity contribution is 0.304. The SMILES string of the molecule is COc1ccc2[nH]cc(C3(N)CCCCC3)c2c1. The molecule has 0 bridgehead atoms. The van der Waals surface area contributed by atoms with Crippen LogP contribution in [0.3, 0.4) is 0 Å². The zero-order valence-corrected chi connectivity index (χ0v) is 10.8.